The van der Waals surface area contributed by atoms with Gasteiger partial charge < -0.3 is 0 Å². The molecule has 0 spiro atoms. The molecule has 0 fully saturated rings. The average Bonchev–Trinajstić information content (AvgIpc) is 3.50. The van der Waals surface area contributed by atoms with Crippen molar-refractivity contribution in [3.8, 4) is 0 Å². The minimum atomic E-state index is -1.22. The van der Waals surface area contributed by atoms with Gasteiger partial charge >= 0.3 is 0 Å². The van der Waals surface area contributed by atoms with Crippen molar-refractivity contribution in [3.05, 3.63) is 327 Å². The predicted octanol–water partition coefficient (Wildman–Crippen LogP) is 12.6. The summed E-state index contributed by atoms with van der Waals surface area (Å²) in [6.45, 7) is 6.11. The molecule has 0 N–H and O–H groups in total. The van der Waals surface area contributed by atoms with Gasteiger partial charge in [0.1, 0.15) is 11.6 Å². The molecule has 0 heterocycles. The van der Waals surface area contributed by atoms with E-state index in [1.54, 1.807) is 6.08 Å². The molecule has 381 valence electrons. The van der Waals surface area contributed by atoms with Gasteiger partial charge in [0.05, 0.1) is 6.26 Å². The van der Waals surface area contributed by atoms with Crippen molar-refractivity contribution >= 4 is 95.4 Å². The Bertz CT molecular complexity index is 2690. The van der Waals surface area contributed by atoms with Gasteiger partial charge in [0, 0.05) is 19.5 Å². The fourth-order valence-corrected chi connectivity index (χ4v) is 19.2. The predicted molar refractivity (Wildman–Crippen MR) is 344 cm³/mol. The maximum absolute atomic E-state index is 3.51. The molecule has 0 aliphatic rings. The summed E-state index contributed by atoms with van der Waals surface area (Å²) in [6.07, 6.45) is 8.00. The van der Waals surface area contributed by atoms with E-state index < -0.39 is 29.9 Å². The van der Waals surface area contributed by atoms with Crippen LogP contribution in [-0.2, 0) is 31.2 Å². The van der Waals surface area contributed by atoms with Crippen LogP contribution in [0.1, 0.15) is 6.92 Å². The van der Waals surface area contributed by atoms with Crippen LogP contribution in [0.25, 0.3) is 0 Å². The van der Waals surface area contributed by atoms with Gasteiger partial charge in [-0.25, -0.2) is 0 Å². The zero-order valence-corrected chi connectivity index (χ0v) is 48.8. The van der Waals surface area contributed by atoms with Crippen LogP contribution in [0.5, 0.6) is 0 Å². The average molecular weight is 1150 g/mol. The second-order valence-electron chi connectivity index (χ2n) is 18.9. The van der Waals surface area contributed by atoms with Gasteiger partial charge in [0.25, 0.3) is 0 Å². The van der Waals surface area contributed by atoms with E-state index in [1.165, 1.54) is 65.4 Å². The molecule has 10 aromatic carbocycles. The quantitative estimate of drug-likeness (QED) is 0.0264. The van der Waals surface area contributed by atoms with Crippen LogP contribution < -0.4 is 53.7 Å². The van der Waals surface area contributed by atoms with E-state index in [2.05, 4.69) is 323 Å². The molecule has 0 aliphatic heterocycles. The number of hydrogen-bond acceptors (Lipinski definition) is 0. The Balaban J connectivity index is 0.000000221. The van der Waals surface area contributed by atoms with E-state index in [0.717, 1.165) is 18.5 Å². The third-order valence-corrected chi connectivity index (χ3v) is 22.8. The van der Waals surface area contributed by atoms with Crippen molar-refractivity contribution in [1.29, 1.82) is 0 Å². The maximum atomic E-state index is 3.51. The standard InChI is InChI=1S/C41H39P3.C24H20B.C5H8S.Rh/c1-41(32-42(35-20-8-2-9-21-35)36-22-10-3-11-23-36,33-43(37-24-12-4-13-25-37)38-26-14-5-15-27-38)34-44(39-28-16-6-17-29-39)40-30-18-7-19-31-40;1-5-13-21(14-6-1)25(22-15-7-2-8-16-22,23-17-9-3-10-18-23)24-19-11-4-12-20-24;1-3-4-5-6-2;/h2-31H,32-34H2,1H3;1-20H;3-5H,1H2,2H3;/q;-1;;/p+1/b;;5-4-;. The summed E-state index contributed by atoms with van der Waals surface area (Å²) in [7, 11) is -1.66. The van der Waals surface area contributed by atoms with Crippen molar-refractivity contribution < 1.29 is 19.5 Å². The minimum Gasteiger partial charge on any atom is -0.195 e. The first-order chi connectivity index (χ1) is 37.0. The summed E-state index contributed by atoms with van der Waals surface area (Å²) in [5, 5.41) is 10.8. The molecule has 0 aliphatic carbocycles. The van der Waals surface area contributed by atoms with E-state index in [1.807, 2.05) is 11.5 Å². The first-order valence-electron chi connectivity index (χ1n) is 25.9. The van der Waals surface area contributed by atoms with Crippen LogP contribution >= 0.6 is 23.8 Å². The molecular weight excluding hydrogens is 1080 g/mol. The normalized spacial score (nSPS) is 11.2. The molecular formula is C70H68BP3RhS. The van der Waals surface area contributed by atoms with Gasteiger partial charge in [0.15, 0.2) is 0 Å². The monoisotopic (exact) mass is 1150 g/mol. The Morgan fingerprint density at radius 3 is 0.684 bits per heavy atom. The molecule has 1 radical (unpaired) electrons. The molecule has 0 bridgehead atoms. The maximum Gasteiger partial charge on any atom is 0.116 e. The summed E-state index contributed by atoms with van der Waals surface area (Å²) in [4.78, 5) is 0. The third kappa shape index (κ3) is 15.6. The summed E-state index contributed by atoms with van der Waals surface area (Å²) in [5.41, 5.74) is 5.43. The van der Waals surface area contributed by atoms with Crippen LogP contribution in [0.4, 0.5) is 0 Å². The van der Waals surface area contributed by atoms with Crippen LogP contribution in [-0.4, -0.2) is 30.9 Å². The minimum absolute atomic E-state index is 0. The van der Waals surface area contributed by atoms with Crippen molar-refractivity contribution in [3.63, 3.8) is 0 Å². The van der Waals surface area contributed by atoms with Crippen molar-refractivity contribution in [2.45, 2.75) is 6.92 Å². The summed E-state index contributed by atoms with van der Waals surface area (Å²) < 4.78 is 0. The Hall–Kier alpha value is -5.99. The summed E-state index contributed by atoms with van der Waals surface area (Å²) >= 11 is 1.29. The van der Waals surface area contributed by atoms with Crippen LogP contribution in [0, 0.1) is 5.41 Å². The van der Waals surface area contributed by atoms with Crippen LogP contribution in [0.2, 0.25) is 0 Å². The molecule has 6 heteroatoms. The molecule has 76 heavy (non-hydrogen) atoms. The molecule has 0 saturated carbocycles. The van der Waals surface area contributed by atoms with E-state index in [4.69, 9.17) is 0 Å². The Morgan fingerprint density at radius 1 is 0.342 bits per heavy atom. The zero-order chi connectivity index (χ0) is 51.8. The van der Waals surface area contributed by atoms with Gasteiger partial charge in [-0.05, 0) is 97.3 Å². The Kier molecular flexibility index (Phi) is 23.3. The van der Waals surface area contributed by atoms with Crippen molar-refractivity contribution in [1.82, 2.24) is 0 Å². The molecule has 0 unspecified atom stereocenters. The van der Waals surface area contributed by atoms with Crippen molar-refractivity contribution in [2.75, 3.05) is 24.7 Å². The molecule has 10 aromatic rings. The fraction of sp³-hybridized carbons (Fsp3) is 0.0857. The summed E-state index contributed by atoms with van der Waals surface area (Å²) in [5.74, 6) is 0. The van der Waals surface area contributed by atoms with E-state index in [0.29, 0.717) is 0 Å². The topological polar surface area (TPSA) is 0 Å². The first-order valence-corrected chi connectivity index (χ1v) is 31.9. The molecule has 0 atom stereocenters. The number of rotatable bonds is 18. The first kappa shape index (κ1) is 57.7. The smallest absolute Gasteiger partial charge is 0.116 e. The van der Waals surface area contributed by atoms with E-state index in [-0.39, 0.29) is 24.9 Å². The second-order valence-corrected chi connectivity index (χ2v) is 26.4. The van der Waals surface area contributed by atoms with E-state index in [9.17, 15) is 0 Å². The molecule has 0 amide bonds. The summed E-state index contributed by atoms with van der Waals surface area (Å²) in [6, 6.07) is 111. The second kappa shape index (κ2) is 30.7. The van der Waals surface area contributed by atoms with E-state index >= 15 is 0 Å². The molecule has 0 nitrogen and oxygen atoms in total. The van der Waals surface area contributed by atoms with Crippen LogP contribution in [0.3, 0.4) is 0 Å². The molecule has 10 rings (SSSR count). The van der Waals surface area contributed by atoms with Gasteiger partial charge in [-0.15, -0.1) is 0 Å². The number of hydrogen-bond donors (Lipinski definition) is 0. The fourth-order valence-electron chi connectivity index (χ4n) is 10.2. The van der Waals surface area contributed by atoms with Gasteiger partial charge in [0.2, 0.25) is 0 Å². The molecule has 0 saturated heterocycles. The van der Waals surface area contributed by atoms with Crippen LogP contribution in [0.15, 0.2) is 327 Å². The Labute approximate surface area is 475 Å². The third-order valence-electron chi connectivity index (χ3n) is 13.6. The van der Waals surface area contributed by atoms with Gasteiger partial charge in [-0.3, -0.25) is 0 Å². The van der Waals surface area contributed by atoms with Gasteiger partial charge in [-0.1, -0.05) is 323 Å². The molecule has 0 aromatic heterocycles. The zero-order valence-electron chi connectivity index (χ0n) is 43.6. The Morgan fingerprint density at radius 2 is 0.526 bits per heavy atom. The number of allylic oxidation sites excluding steroid dienone is 2. The SMILES string of the molecule is C=C/C=C\[SH+]C.CC(CP(c1ccccc1)c1ccccc1)(CP(c1ccccc1)c1ccccc1)CP(c1ccccc1)c1ccccc1.[Rh].c1ccc([B-](c2ccccc2)(c2ccccc2)c2ccccc2)cc1. The number of benzene rings is 10. The largest absolute Gasteiger partial charge is 0.195 e. The van der Waals surface area contributed by atoms with Gasteiger partial charge in [-0.2, -0.15) is 21.9 Å². The van der Waals surface area contributed by atoms with Crippen molar-refractivity contribution in [2.24, 2.45) is 5.41 Å². The number of thiol groups is 1.